The molecule has 0 N–H and O–H groups in total. The fourth-order valence-corrected chi connectivity index (χ4v) is 1.42. The van der Waals surface area contributed by atoms with Gasteiger partial charge in [-0.3, -0.25) is 0 Å². The molecule has 0 saturated carbocycles. The van der Waals surface area contributed by atoms with E-state index in [4.69, 9.17) is 0 Å². The Bertz CT molecular complexity index is 388. The first-order valence-electron chi connectivity index (χ1n) is 4.01. The molecule has 0 aliphatic heterocycles. The Morgan fingerprint density at radius 2 is 2.21 bits per heavy atom. The molecule has 0 atom stereocenters. The lowest BCUT2D eigenvalue weighted by molar-refractivity contribution is -0.133. The molecular weight excluding hydrogens is 244 g/mol. The van der Waals surface area contributed by atoms with Crippen molar-refractivity contribution in [3.63, 3.8) is 0 Å². The molecule has 3 heteroatoms. The van der Waals surface area contributed by atoms with Crippen molar-refractivity contribution in [2.24, 2.45) is 0 Å². The molecule has 2 nitrogen and oxygen atoms in total. The zero-order valence-corrected chi connectivity index (χ0v) is 9.30. The van der Waals surface area contributed by atoms with Crippen molar-refractivity contribution in [3.05, 3.63) is 35.4 Å². The number of esters is 1. The van der Waals surface area contributed by atoms with E-state index in [0.29, 0.717) is 0 Å². The Hall–Kier alpha value is -1.27. The van der Waals surface area contributed by atoms with Crippen molar-refractivity contribution in [3.8, 4) is 11.8 Å². The minimum absolute atomic E-state index is 0.519. The van der Waals surface area contributed by atoms with E-state index in [-0.39, 0.29) is 0 Å². The fourth-order valence-electron chi connectivity index (χ4n) is 0.928. The Balaban J connectivity index is 2.94. The van der Waals surface area contributed by atoms with E-state index in [1.807, 2.05) is 24.3 Å². The van der Waals surface area contributed by atoms with Crippen molar-refractivity contribution >= 4 is 21.9 Å². The summed E-state index contributed by atoms with van der Waals surface area (Å²) in [5.74, 6) is 4.63. The number of methoxy groups -OCH3 is 1. The summed E-state index contributed by atoms with van der Waals surface area (Å²) in [6.45, 7) is 0. The molecule has 0 aliphatic carbocycles. The molecule has 1 aromatic carbocycles. The van der Waals surface area contributed by atoms with E-state index in [9.17, 15) is 4.79 Å². The Morgan fingerprint density at radius 1 is 1.50 bits per heavy atom. The van der Waals surface area contributed by atoms with Gasteiger partial charge in [0.05, 0.1) is 7.11 Å². The molecule has 1 aromatic rings. The summed E-state index contributed by atoms with van der Waals surface area (Å²) in [6.07, 6.45) is 0. The summed E-state index contributed by atoms with van der Waals surface area (Å²) in [4.78, 5) is 10.8. The molecule has 0 heterocycles. The molecule has 1 rings (SSSR count). The monoisotopic (exact) mass is 252 g/mol. The molecule has 0 radical (unpaired) electrons. The lowest BCUT2D eigenvalue weighted by atomic mass is 10.1. The van der Waals surface area contributed by atoms with Crippen molar-refractivity contribution in [1.82, 2.24) is 0 Å². The SMILES string of the molecule is COC(=O)C#Cc1ccccc1CBr. The maximum absolute atomic E-state index is 10.8. The van der Waals surface area contributed by atoms with Crippen LogP contribution in [0.2, 0.25) is 0 Å². The number of halogens is 1. The van der Waals surface area contributed by atoms with Gasteiger partial charge < -0.3 is 4.74 Å². The van der Waals surface area contributed by atoms with Crippen LogP contribution in [0.3, 0.4) is 0 Å². The largest absolute Gasteiger partial charge is 0.459 e. The van der Waals surface area contributed by atoms with Gasteiger partial charge in [-0.15, -0.1) is 0 Å². The number of rotatable bonds is 1. The predicted octanol–water partition coefficient (Wildman–Crippen LogP) is 2.11. The number of carbonyl (C=O) groups excluding carboxylic acids is 1. The van der Waals surface area contributed by atoms with Crippen LogP contribution in [0.4, 0.5) is 0 Å². The van der Waals surface area contributed by atoms with Crippen molar-refractivity contribution in [2.45, 2.75) is 5.33 Å². The number of ether oxygens (including phenoxy) is 1. The van der Waals surface area contributed by atoms with E-state index >= 15 is 0 Å². The highest BCUT2D eigenvalue weighted by atomic mass is 79.9. The van der Waals surface area contributed by atoms with Gasteiger partial charge in [-0.1, -0.05) is 40.0 Å². The van der Waals surface area contributed by atoms with E-state index in [1.54, 1.807) is 0 Å². The molecule has 0 fully saturated rings. The molecular formula is C11H9BrO2. The van der Waals surface area contributed by atoms with Crippen LogP contribution in [0.25, 0.3) is 0 Å². The summed E-state index contributed by atoms with van der Waals surface area (Å²) in [7, 11) is 1.31. The zero-order valence-electron chi connectivity index (χ0n) is 7.71. The summed E-state index contributed by atoms with van der Waals surface area (Å²) >= 11 is 3.35. The maximum atomic E-state index is 10.8. The number of benzene rings is 1. The smallest absolute Gasteiger partial charge is 0.384 e. The van der Waals surface area contributed by atoms with E-state index in [1.165, 1.54) is 7.11 Å². The second-order valence-electron chi connectivity index (χ2n) is 2.53. The highest BCUT2D eigenvalue weighted by Crippen LogP contribution is 2.10. The first-order valence-corrected chi connectivity index (χ1v) is 5.14. The van der Waals surface area contributed by atoms with E-state index in [0.717, 1.165) is 16.5 Å². The van der Waals surface area contributed by atoms with E-state index in [2.05, 4.69) is 32.5 Å². The van der Waals surface area contributed by atoms with Gasteiger partial charge in [-0.2, -0.15) is 0 Å². The van der Waals surface area contributed by atoms with Crippen LogP contribution in [-0.4, -0.2) is 13.1 Å². The van der Waals surface area contributed by atoms with Crippen LogP contribution in [-0.2, 0) is 14.9 Å². The normalized spacial score (nSPS) is 8.71. The lowest BCUT2D eigenvalue weighted by Gasteiger charge is -1.97. The van der Waals surface area contributed by atoms with Gasteiger partial charge >= 0.3 is 5.97 Å². The molecule has 72 valence electrons. The van der Waals surface area contributed by atoms with Gasteiger partial charge in [0.2, 0.25) is 0 Å². The second kappa shape index (κ2) is 5.46. The molecule has 0 bridgehead atoms. The second-order valence-corrected chi connectivity index (χ2v) is 3.09. The van der Waals surface area contributed by atoms with Crippen LogP contribution >= 0.6 is 15.9 Å². The predicted molar refractivity (Wildman–Crippen MR) is 58.0 cm³/mol. The summed E-state index contributed by atoms with van der Waals surface area (Å²) in [5, 5.41) is 0.721. The minimum Gasteiger partial charge on any atom is -0.459 e. The number of carbonyl (C=O) groups is 1. The molecule has 0 unspecified atom stereocenters. The molecule has 0 spiro atoms. The van der Waals surface area contributed by atoms with Crippen LogP contribution in [0.15, 0.2) is 24.3 Å². The van der Waals surface area contributed by atoms with Gasteiger partial charge in [-0.05, 0) is 11.6 Å². The minimum atomic E-state index is -0.519. The molecule has 14 heavy (non-hydrogen) atoms. The topological polar surface area (TPSA) is 26.3 Å². The van der Waals surface area contributed by atoms with Crippen LogP contribution in [0.1, 0.15) is 11.1 Å². The van der Waals surface area contributed by atoms with Crippen molar-refractivity contribution < 1.29 is 9.53 Å². The Labute approximate surface area is 91.4 Å². The summed E-state index contributed by atoms with van der Waals surface area (Å²) < 4.78 is 4.42. The van der Waals surface area contributed by atoms with Gasteiger partial charge in [0.1, 0.15) is 0 Å². The first kappa shape index (κ1) is 10.8. The van der Waals surface area contributed by atoms with Crippen molar-refractivity contribution in [1.29, 1.82) is 0 Å². The van der Waals surface area contributed by atoms with Crippen molar-refractivity contribution in [2.75, 3.05) is 7.11 Å². The van der Waals surface area contributed by atoms with Gasteiger partial charge in [-0.25, -0.2) is 4.79 Å². The Morgan fingerprint density at radius 3 is 2.86 bits per heavy atom. The third-order valence-corrected chi connectivity index (χ3v) is 2.25. The highest BCUT2D eigenvalue weighted by molar-refractivity contribution is 9.08. The van der Waals surface area contributed by atoms with Crippen LogP contribution in [0.5, 0.6) is 0 Å². The van der Waals surface area contributed by atoms with Crippen LogP contribution < -0.4 is 0 Å². The third-order valence-electron chi connectivity index (χ3n) is 1.65. The number of alkyl halides is 1. The number of hydrogen-bond donors (Lipinski definition) is 0. The van der Waals surface area contributed by atoms with Crippen LogP contribution in [0, 0.1) is 11.8 Å². The average molecular weight is 253 g/mol. The molecule has 0 aromatic heterocycles. The third kappa shape index (κ3) is 2.90. The number of hydrogen-bond acceptors (Lipinski definition) is 2. The van der Waals surface area contributed by atoms with Gasteiger partial charge in [0.15, 0.2) is 0 Å². The molecule has 0 aliphatic rings. The standard InChI is InChI=1S/C11H9BrO2/c1-14-11(13)7-6-9-4-2-3-5-10(9)8-12/h2-5H,8H2,1H3. The maximum Gasteiger partial charge on any atom is 0.384 e. The molecule has 0 amide bonds. The average Bonchev–Trinajstić information content (AvgIpc) is 2.26. The summed E-state index contributed by atoms with van der Waals surface area (Å²) in [6, 6.07) is 7.63. The van der Waals surface area contributed by atoms with Gasteiger partial charge in [0, 0.05) is 16.8 Å². The quantitative estimate of drug-likeness (QED) is 0.435. The van der Waals surface area contributed by atoms with Gasteiger partial charge in [0.25, 0.3) is 0 Å². The highest BCUT2D eigenvalue weighted by Gasteiger charge is 1.96. The molecule has 0 saturated heterocycles. The summed E-state index contributed by atoms with van der Waals surface area (Å²) in [5.41, 5.74) is 1.90. The lowest BCUT2D eigenvalue weighted by Crippen LogP contribution is -1.95. The zero-order chi connectivity index (χ0) is 10.4. The van der Waals surface area contributed by atoms with E-state index < -0.39 is 5.97 Å². The fraction of sp³-hybridized carbons (Fsp3) is 0.182. The Kier molecular flexibility index (Phi) is 4.21. The first-order chi connectivity index (χ1) is 6.77.